The first-order chi connectivity index (χ1) is 22.1. The van der Waals surface area contributed by atoms with Crippen LogP contribution in [0.2, 0.25) is 0 Å². The number of fused-ring (bicyclic) bond motifs is 1. The Bertz CT molecular complexity index is 1650. The van der Waals surface area contributed by atoms with Crippen LogP contribution in [0, 0.1) is 19.8 Å². The number of hydrogen-bond donors (Lipinski definition) is 0. The van der Waals surface area contributed by atoms with Crippen molar-refractivity contribution in [1.82, 2.24) is 24.6 Å². The molecule has 0 unspecified atom stereocenters. The molecule has 2 aliphatic rings. The molecule has 0 amide bonds. The van der Waals surface area contributed by atoms with Gasteiger partial charge < -0.3 is 19.3 Å². The van der Waals surface area contributed by atoms with E-state index in [0.29, 0.717) is 25.6 Å². The number of pyridine rings is 2. The fourth-order valence-electron chi connectivity index (χ4n) is 6.85. The number of esters is 1. The van der Waals surface area contributed by atoms with Crippen molar-refractivity contribution in [3.63, 3.8) is 0 Å². The van der Waals surface area contributed by atoms with Gasteiger partial charge >= 0.3 is 5.97 Å². The van der Waals surface area contributed by atoms with Crippen LogP contribution >= 0.6 is 0 Å². The summed E-state index contributed by atoms with van der Waals surface area (Å²) in [6.45, 7) is 15.9. The molecular formula is C37H48N6O3. The fraction of sp³-hybridized carbons (Fsp3) is 0.514. The monoisotopic (exact) mass is 624 g/mol. The number of carbonyl (C=O) groups is 1. The molecule has 2 saturated heterocycles. The molecule has 46 heavy (non-hydrogen) atoms. The molecule has 1 aromatic carbocycles. The highest BCUT2D eigenvalue weighted by Gasteiger charge is 2.29. The van der Waals surface area contributed by atoms with E-state index in [1.165, 1.54) is 0 Å². The van der Waals surface area contributed by atoms with E-state index in [0.717, 1.165) is 97.0 Å². The van der Waals surface area contributed by atoms with Gasteiger partial charge in [0, 0.05) is 60.8 Å². The summed E-state index contributed by atoms with van der Waals surface area (Å²) in [5.74, 6) is 0.417. The van der Waals surface area contributed by atoms with E-state index in [1.807, 2.05) is 38.4 Å². The second-order valence-corrected chi connectivity index (χ2v) is 14.0. The van der Waals surface area contributed by atoms with Crippen LogP contribution in [-0.2, 0) is 20.7 Å². The van der Waals surface area contributed by atoms with Gasteiger partial charge in [-0.3, -0.25) is 4.79 Å². The predicted octanol–water partition coefficient (Wildman–Crippen LogP) is 6.04. The molecule has 6 rings (SSSR count). The van der Waals surface area contributed by atoms with Crippen molar-refractivity contribution >= 4 is 22.7 Å². The Labute approximate surface area is 272 Å². The minimum Gasteiger partial charge on any atom is -0.460 e. The number of likely N-dealkylation sites (tertiary alicyclic amines) is 1. The third-order valence-corrected chi connectivity index (χ3v) is 9.04. The van der Waals surface area contributed by atoms with E-state index >= 15 is 0 Å². The van der Waals surface area contributed by atoms with Crippen LogP contribution in [0.3, 0.4) is 0 Å². The number of morpholine rings is 1. The Morgan fingerprint density at radius 3 is 2.61 bits per heavy atom. The van der Waals surface area contributed by atoms with Crippen molar-refractivity contribution in [2.45, 2.75) is 71.8 Å². The summed E-state index contributed by atoms with van der Waals surface area (Å²) in [6, 6.07) is 17.1. The van der Waals surface area contributed by atoms with Gasteiger partial charge in [-0.05, 0) is 120 Å². The Balaban J connectivity index is 1.22. The number of benzene rings is 1. The van der Waals surface area contributed by atoms with Crippen molar-refractivity contribution in [3.05, 3.63) is 77.4 Å². The molecule has 0 spiro atoms. The summed E-state index contributed by atoms with van der Waals surface area (Å²) in [5, 5.41) is 5.89. The number of hydrogen-bond acceptors (Lipinski definition) is 8. The minimum atomic E-state index is -0.531. The van der Waals surface area contributed by atoms with E-state index in [1.54, 1.807) is 6.20 Å². The molecule has 0 bridgehead atoms. The number of carbonyl (C=O) groups excluding carboxylic acids is 1. The lowest BCUT2D eigenvalue weighted by molar-refractivity contribution is -0.155. The molecule has 4 aromatic rings. The second kappa shape index (κ2) is 13.9. The maximum Gasteiger partial charge on any atom is 0.306 e. The lowest BCUT2D eigenvalue weighted by Crippen LogP contribution is -2.36. The van der Waals surface area contributed by atoms with Crippen LogP contribution < -0.4 is 4.90 Å². The standard InChI is InChI=1S/C37H48N6O3/c1-26-19-27(2)43(40-26)34-21-30(20-33(23-34)42-15-17-45-18-16-42)31(22-35(44)46-37(3,4)5)25-41-14-12-28(24-41)8-10-32-11-9-29-7-6-13-38-36(29)39-32/h6-7,9,11,13,19-21,23,28,31H,8,10,12,14-18,22,24-25H2,1-5H3/t28-,31+/m1/s1. The summed E-state index contributed by atoms with van der Waals surface area (Å²) in [6.07, 6.45) is 5.32. The molecule has 3 aromatic heterocycles. The molecule has 0 N–H and O–H groups in total. The van der Waals surface area contributed by atoms with Gasteiger partial charge in [-0.1, -0.05) is 0 Å². The molecule has 0 saturated carbocycles. The van der Waals surface area contributed by atoms with E-state index in [2.05, 4.69) is 64.2 Å². The van der Waals surface area contributed by atoms with Gasteiger partial charge in [0.2, 0.25) is 0 Å². The largest absolute Gasteiger partial charge is 0.460 e. The molecule has 9 heteroatoms. The average molecular weight is 625 g/mol. The molecule has 244 valence electrons. The number of aryl methyl sites for hydroxylation is 3. The first kappa shape index (κ1) is 32.1. The third-order valence-electron chi connectivity index (χ3n) is 9.04. The topological polar surface area (TPSA) is 85.6 Å². The van der Waals surface area contributed by atoms with Gasteiger partial charge in [-0.25, -0.2) is 14.6 Å². The van der Waals surface area contributed by atoms with E-state index in [4.69, 9.17) is 19.6 Å². The minimum absolute atomic E-state index is 0.0152. The molecule has 2 atom stereocenters. The summed E-state index contributed by atoms with van der Waals surface area (Å²) in [7, 11) is 0. The van der Waals surface area contributed by atoms with Gasteiger partial charge in [-0.15, -0.1) is 0 Å². The van der Waals surface area contributed by atoms with E-state index < -0.39 is 5.60 Å². The molecule has 5 heterocycles. The molecular weight excluding hydrogens is 576 g/mol. The molecule has 0 radical (unpaired) electrons. The highest BCUT2D eigenvalue weighted by molar-refractivity contribution is 5.74. The first-order valence-corrected chi connectivity index (χ1v) is 16.8. The van der Waals surface area contributed by atoms with Gasteiger partial charge in [0.05, 0.1) is 31.0 Å². The quantitative estimate of drug-likeness (QED) is 0.198. The third kappa shape index (κ3) is 8.12. The summed E-state index contributed by atoms with van der Waals surface area (Å²) in [5.41, 5.74) is 6.78. The lowest BCUT2D eigenvalue weighted by Gasteiger charge is -2.31. The highest BCUT2D eigenvalue weighted by atomic mass is 16.6. The normalized spacial score (nSPS) is 18.3. The Kier molecular flexibility index (Phi) is 9.70. The second-order valence-electron chi connectivity index (χ2n) is 14.0. The number of anilines is 1. The van der Waals surface area contributed by atoms with E-state index in [-0.39, 0.29) is 11.9 Å². The van der Waals surface area contributed by atoms with E-state index in [9.17, 15) is 4.79 Å². The Morgan fingerprint density at radius 1 is 1.04 bits per heavy atom. The van der Waals surface area contributed by atoms with Crippen molar-refractivity contribution in [1.29, 1.82) is 0 Å². The van der Waals surface area contributed by atoms with Gasteiger partial charge in [0.1, 0.15) is 5.60 Å². The number of aromatic nitrogens is 4. The van der Waals surface area contributed by atoms with Crippen LogP contribution in [0.15, 0.2) is 54.7 Å². The highest BCUT2D eigenvalue weighted by Crippen LogP contribution is 2.33. The zero-order chi connectivity index (χ0) is 32.3. The predicted molar refractivity (Wildman–Crippen MR) is 182 cm³/mol. The smallest absolute Gasteiger partial charge is 0.306 e. The number of ether oxygens (including phenoxy) is 2. The molecule has 0 aliphatic carbocycles. The van der Waals surface area contributed by atoms with Crippen LogP contribution in [0.25, 0.3) is 16.7 Å². The first-order valence-electron chi connectivity index (χ1n) is 16.8. The van der Waals surface area contributed by atoms with Crippen molar-refractivity contribution in [3.8, 4) is 5.69 Å². The van der Waals surface area contributed by atoms with Gasteiger partial charge in [-0.2, -0.15) is 5.10 Å². The average Bonchev–Trinajstić information content (AvgIpc) is 3.63. The summed E-state index contributed by atoms with van der Waals surface area (Å²) in [4.78, 5) is 27.5. The maximum atomic E-state index is 13.3. The van der Waals surface area contributed by atoms with Crippen LogP contribution in [0.5, 0.6) is 0 Å². The molecule has 2 aliphatic heterocycles. The maximum absolute atomic E-state index is 13.3. The zero-order valence-electron chi connectivity index (χ0n) is 28.0. The number of rotatable bonds is 10. The zero-order valence-corrected chi connectivity index (χ0v) is 28.0. The summed E-state index contributed by atoms with van der Waals surface area (Å²) < 4.78 is 13.6. The summed E-state index contributed by atoms with van der Waals surface area (Å²) >= 11 is 0. The molecule has 2 fully saturated rings. The van der Waals surface area contributed by atoms with Crippen LogP contribution in [0.1, 0.15) is 68.6 Å². The van der Waals surface area contributed by atoms with Gasteiger partial charge in [0.15, 0.2) is 5.65 Å². The lowest BCUT2D eigenvalue weighted by atomic mass is 9.93. The molecule has 9 nitrogen and oxygen atoms in total. The van der Waals surface area contributed by atoms with Crippen LogP contribution in [-0.4, -0.2) is 82.2 Å². The van der Waals surface area contributed by atoms with Gasteiger partial charge in [0.25, 0.3) is 0 Å². The Hall–Kier alpha value is -3.82. The van der Waals surface area contributed by atoms with Crippen molar-refractivity contribution in [2.75, 3.05) is 50.8 Å². The fourth-order valence-corrected chi connectivity index (χ4v) is 6.85. The number of nitrogens with zero attached hydrogens (tertiary/aromatic N) is 6. The Morgan fingerprint density at radius 2 is 1.85 bits per heavy atom. The SMILES string of the molecule is Cc1cc(C)n(-c2cc([C@@H](CC(=O)OC(C)(C)C)CN3CC[C@@H](CCc4ccc5cccnc5n4)C3)cc(N3CCOCC3)c2)n1. The van der Waals surface area contributed by atoms with Crippen molar-refractivity contribution < 1.29 is 14.3 Å². The van der Waals surface area contributed by atoms with Crippen LogP contribution in [0.4, 0.5) is 5.69 Å². The van der Waals surface area contributed by atoms with Crippen molar-refractivity contribution in [2.24, 2.45) is 5.92 Å².